The zero-order valence-electron chi connectivity index (χ0n) is 12.4. The average molecular weight is 293 g/mol. The fraction of sp³-hybridized carbons (Fsp3) is 0.929. The molecule has 1 rings (SSSR count). The van der Waals surface area contributed by atoms with E-state index >= 15 is 0 Å². The van der Waals surface area contributed by atoms with E-state index in [9.17, 15) is 4.79 Å². The Morgan fingerprint density at radius 2 is 2.05 bits per heavy atom. The third-order valence-corrected chi connectivity index (χ3v) is 3.59. The molecule has 1 saturated heterocycles. The molecule has 0 aromatic heterocycles. The van der Waals surface area contributed by atoms with Crippen LogP contribution in [0.15, 0.2) is 0 Å². The highest BCUT2D eigenvalue weighted by molar-refractivity contribution is 5.85. The van der Waals surface area contributed by atoms with E-state index in [0.29, 0.717) is 19.1 Å². The first-order valence-corrected chi connectivity index (χ1v) is 7.18. The first kappa shape index (κ1) is 18.7. The van der Waals surface area contributed by atoms with Crippen molar-refractivity contribution in [1.29, 1.82) is 0 Å². The zero-order chi connectivity index (χ0) is 13.5. The summed E-state index contributed by atoms with van der Waals surface area (Å²) < 4.78 is 5.63. The van der Waals surface area contributed by atoms with Crippen LogP contribution in [0.5, 0.6) is 0 Å². The molecule has 114 valence electrons. The third kappa shape index (κ3) is 6.11. The molecular weight excluding hydrogens is 264 g/mol. The van der Waals surface area contributed by atoms with E-state index in [2.05, 4.69) is 13.8 Å². The van der Waals surface area contributed by atoms with E-state index < -0.39 is 0 Å². The Labute approximate surface area is 123 Å². The Bertz CT molecular complexity index is 262. The highest BCUT2D eigenvalue weighted by atomic mass is 35.5. The number of halogens is 1. The predicted molar refractivity (Wildman–Crippen MR) is 80.5 cm³/mol. The van der Waals surface area contributed by atoms with Crippen molar-refractivity contribution >= 4 is 18.3 Å². The number of nitrogens with two attached hydrogens (primary N) is 1. The molecule has 4 nitrogen and oxygen atoms in total. The van der Waals surface area contributed by atoms with Gasteiger partial charge in [0.15, 0.2) is 0 Å². The second-order valence-corrected chi connectivity index (χ2v) is 5.61. The van der Waals surface area contributed by atoms with Crippen molar-refractivity contribution in [2.75, 3.05) is 19.7 Å². The normalized spacial score (nSPS) is 21.1. The summed E-state index contributed by atoms with van der Waals surface area (Å²) in [6.07, 6.45) is 3.95. The van der Waals surface area contributed by atoms with Gasteiger partial charge >= 0.3 is 0 Å². The minimum absolute atomic E-state index is 0. The van der Waals surface area contributed by atoms with Gasteiger partial charge in [-0.15, -0.1) is 12.4 Å². The largest absolute Gasteiger partial charge is 0.369 e. The maximum atomic E-state index is 12.3. The Balaban J connectivity index is 0.00000324. The number of rotatable bonds is 6. The van der Waals surface area contributed by atoms with Gasteiger partial charge in [0.25, 0.3) is 5.91 Å². The van der Waals surface area contributed by atoms with Gasteiger partial charge in [-0.2, -0.15) is 0 Å². The van der Waals surface area contributed by atoms with E-state index in [0.717, 1.165) is 25.8 Å². The number of carbonyl (C=O) groups is 1. The molecule has 1 aliphatic heterocycles. The highest BCUT2D eigenvalue weighted by Gasteiger charge is 2.28. The fourth-order valence-electron chi connectivity index (χ4n) is 2.32. The van der Waals surface area contributed by atoms with E-state index in [4.69, 9.17) is 10.5 Å². The Hall–Kier alpha value is -0.320. The van der Waals surface area contributed by atoms with Gasteiger partial charge in [-0.25, -0.2) is 0 Å². The Kier molecular flexibility index (Phi) is 9.40. The summed E-state index contributed by atoms with van der Waals surface area (Å²) >= 11 is 0. The topological polar surface area (TPSA) is 55.6 Å². The van der Waals surface area contributed by atoms with Crippen LogP contribution in [0.4, 0.5) is 0 Å². The summed E-state index contributed by atoms with van der Waals surface area (Å²) in [4.78, 5) is 14.2. The second kappa shape index (κ2) is 9.56. The molecule has 2 unspecified atom stereocenters. The van der Waals surface area contributed by atoms with Crippen LogP contribution in [0.1, 0.15) is 46.5 Å². The summed E-state index contributed by atoms with van der Waals surface area (Å²) in [5.74, 6) is 0.716. The SMILES string of the molecule is CC(C)CCOC(C)C(=O)N1CCCCC1CN.Cl. The number of carbonyl (C=O) groups excluding carboxylic acids is 1. The molecule has 0 aliphatic carbocycles. The van der Waals surface area contributed by atoms with Crippen LogP contribution in [0, 0.1) is 5.92 Å². The average Bonchev–Trinajstić information content (AvgIpc) is 2.37. The molecule has 0 saturated carbocycles. The maximum Gasteiger partial charge on any atom is 0.251 e. The lowest BCUT2D eigenvalue weighted by Gasteiger charge is -2.36. The van der Waals surface area contributed by atoms with Crippen LogP contribution in [-0.2, 0) is 9.53 Å². The Morgan fingerprint density at radius 3 is 2.63 bits per heavy atom. The van der Waals surface area contributed by atoms with Gasteiger partial charge < -0.3 is 15.4 Å². The fourth-order valence-corrected chi connectivity index (χ4v) is 2.32. The number of hydrogen-bond donors (Lipinski definition) is 1. The molecule has 0 bridgehead atoms. The number of likely N-dealkylation sites (tertiary alicyclic amines) is 1. The van der Waals surface area contributed by atoms with Crippen molar-refractivity contribution in [1.82, 2.24) is 4.90 Å². The molecule has 2 N–H and O–H groups in total. The van der Waals surface area contributed by atoms with Gasteiger partial charge in [-0.3, -0.25) is 4.79 Å². The molecule has 0 aromatic rings. The lowest BCUT2D eigenvalue weighted by atomic mass is 10.0. The highest BCUT2D eigenvalue weighted by Crippen LogP contribution is 2.18. The van der Waals surface area contributed by atoms with Gasteiger partial charge in [0.05, 0.1) is 0 Å². The molecule has 1 fully saturated rings. The smallest absolute Gasteiger partial charge is 0.251 e. The van der Waals surface area contributed by atoms with Crippen LogP contribution < -0.4 is 5.73 Å². The van der Waals surface area contributed by atoms with E-state index in [1.165, 1.54) is 6.42 Å². The molecule has 19 heavy (non-hydrogen) atoms. The molecule has 0 aromatic carbocycles. The Morgan fingerprint density at radius 1 is 1.37 bits per heavy atom. The lowest BCUT2D eigenvalue weighted by Crippen LogP contribution is -2.51. The number of amides is 1. The number of hydrogen-bond acceptors (Lipinski definition) is 3. The minimum atomic E-state index is -0.337. The molecule has 1 aliphatic rings. The summed E-state index contributed by atoms with van der Waals surface area (Å²) in [6.45, 7) is 8.22. The van der Waals surface area contributed by atoms with Crippen molar-refractivity contribution in [3.8, 4) is 0 Å². The standard InChI is InChI=1S/C14H28N2O2.ClH/c1-11(2)7-9-18-12(3)14(17)16-8-5-4-6-13(16)10-15;/h11-13H,4-10,15H2,1-3H3;1H. The molecule has 2 atom stereocenters. The summed E-state index contributed by atoms with van der Waals surface area (Å²) in [6, 6.07) is 0.211. The van der Waals surface area contributed by atoms with E-state index in [-0.39, 0.29) is 30.5 Å². The van der Waals surface area contributed by atoms with Crippen molar-refractivity contribution in [3.05, 3.63) is 0 Å². The first-order valence-electron chi connectivity index (χ1n) is 7.18. The maximum absolute atomic E-state index is 12.3. The zero-order valence-corrected chi connectivity index (χ0v) is 13.2. The second-order valence-electron chi connectivity index (χ2n) is 5.61. The number of ether oxygens (including phenoxy) is 1. The van der Waals surface area contributed by atoms with Crippen molar-refractivity contribution in [2.24, 2.45) is 11.7 Å². The minimum Gasteiger partial charge on any atom is -0.369 e. The van der Waals surface area contributed by atoms with Crippen LogP contribution >= 0.6 is 12.4 Å². The first-order chi connectivity index (χ1) is 8.56. The summed E-state index contributed by atoms with van der Waals surface area (Å²) in [7, 11) is 0. The molecule has 1 amide bonds. The number of nitrogens with zero attached hydrogens (tertiary/aromatic N) is 1. The molecule has 0 spiro atoms. The summed E-state index contributed by atoms with van der Waals surface area (Å²) in [5.41, 5.74) is 5.74. The van der Waals surface area contributed by atoms with Crippen LogP contribution in [0.25, 0.3) is 0 Å². The van der Waals surface area contributed by atoms with Crippen molar-refractivity contribution < 1.29 is 9.53 Å². The van der Waals surface area contributed by atoms with Crippen molar-refractivity contribution in [3.63, 3.8) is 0 Å². The molecule has 0 radical (unpaired) electrons. The van der Waals surface area contributed by atoms with Gasteiger partial charge in [-0.1, -0.05) is 13.8 Å². The van der Waals surface area contributed by atoms with Crippen molar-refractivity contribution in [2.45, 2.75) is 58.6 Å². The molecule has 1 heterocycles. The quantitative estimate of drug-likeness (QED) is 0.816. The van der Waals surface area contributed by atoms with Gasteiger partial charge in [0, 0.05) is 25.7 Å². The molecule has 5 heteroatoms. The van der Waals surface area contributed by atoms with E-state index in [1.54, 1.807) is 0 Å². The monoisotopic (exact) mass is 292 g/mol. The third-order valence-electron chi connectivity index (χ3n) is 3.59. The van der Waals surface area contributed by atoms with Gasteiger partial charge in [-0.05, 0) is 38.5 Å². The molecular formula is C14H29ClN2O2. The van der Waals surface area contributed by atoms with Crippen LogP contribution in [0.3, 0.4) is 0 Å². The predicted octanol–water partition coefficient (Wildman–Crippen LogP) is 2.20. The van der Waals surface area contributed by atoms with Crippen LogP contribution in [0.2, 0.25) is 0 Å². The van der Waals surface area contributed by atoms with Gasteiger partial charge in [0.1, 0.15) is 6.10 Å². The van der Waals surface area contributed by atoms with E-state index in [1.807, 2.05) is 11.8 Å². The van der Waals surface area contributed by atoms with Crippen LogP contribution in [-0.4, -0.2) is 42.6 Å². The number of piperidine rings is 1. The summed E-state index contributed by atoms with van der Waals surface area (Å²) in [5, 5.41) is 0. The lowest BCUT2D eigenvalue weighted by molar-refractivity contribution is -0.146. The van der Waals surface area contributed by atoms with Gasteiger partial charge in [0.2, 0.25) is 0 Å².